The summed E-state index contributed by atoms with van der Waals surface area (Å²) in [7, 11) is 0. The van der Waals surface area contributed by atoms with Crippen LogP contribution in [0.4, 0.5) is 11.4 Å². The average Bonchev–Trinajstić information content (AvgIpc) is 2.41. The highest BCUT2D eigenvalue weighted by atomic mass is 16.6. The summed E-state index contributed by atoms with van der Waals surface area (Å²) in [6, 6.07) is 4.67. The zero-order chi connectivity index (χ0) is 13.8. The van der Waals surface area contributed by atoms with Gasteiger partial charge in [-0.2, -0.15) is 0 Å². The molecular formula is C12H16N4O3. The van der Waals surface area contributed by atoms with Crippen molar-refractivity contribution in [1.82, 2.24) is 4.90 Å². The number of carbonyl (C=O) groups is 1. The van der Waals surface area contributed by atoms with E-state index in [1.165, 1.54) is 6.07 Å². The van der Waals surface area contributed by atoms with Crippen molar-refractivity contribution in [1.29, 1.82) is 0 Å². The van der Waals surface area contributed by atoms with Gasteiger partial charge in [-0.05, 0) is 24.5 Å². The van der Waals surface area contributed by atoms with Crippen LogP contribution in [0.5, 0.6) is 0 Å². The lowest BCUT2D eigenvalue weighted by molar-refractivity contribution is -0.384. The van der Waals surface area contributed by atoms with E-state index in [1.807, 2.05) is 0 Å². The molecule has 19 heavy (non-hydrogen) atoms. The van der Waals surface area contributed by atoms with Crippen molar-refractivity contribution in [3.8, 4) is 0 Å². The first-order chi connectivity index (χ1) is 9.11. The lowest BCUT2D eigenvalue weighted by Crippen LogP contribution is -2.34. The zero-order valence-corrected chi connectivity index (χ0v) is 10.5. The molecule has 0 spiro atoms. The highest BCUT2D eigenvalue weighted by Crippen LogP contribution is 2.25. The molecular weight excluding hydrogens is 248 g/mol. The molecule has 1 aliphatic rings. The van der Waals surface area contributed by atoms with E-state index in [9.17, 15) is 14.9 Å². The van der Waals surface area contributed by atoms with Crippen molar-refractivity contribution < 1.29 is 9.72 Å². The number of amides is 1. The number of piperidine rings is 1. The van der Waals surface area contributed by atoms with Gasteiger partial charge in [0.2, 0.25) is 5.91 Å². The summed E-state index contributed by atoms with van der Waals surface area (Å²) in [5.41, 5.74) is 3.33. The van der Waals surface area contributed by atoms with E-state index in [4.69, 9.17) is 5.84 Å². The Labute approximate surface area is 110 Å². The number of nitrogens with two attached hydrogens (primary N) is 1. The van der Waals surface area contributed by atoms with Crippen LogP contribution in [0, 0.1) is 10.1 Å². The number of nitro groups is 1. The minimum absolute atomic E-state index is 0.0729. The van der Waals surface area contributed by atoms with E-state index >= 15 is 0 Å². The van der Waals surface area contributed by atoms with Crippen molar-refractivity contribution in [2.75, 3.05) is 12.0 Å². The van der Waals surface area contributed by atoms with Gasteiger partial charge in [0.25, 0.3) is 5.69 Å². The lowest BCUT2D eigenvalue weighted by atomic mass is 10.1. The second-order valence-electron chi connectivity index (χ2n) is 4.53. The van der Waals surface area contributed by atoms with Crippen molar-refractivity contribution in [2.45, 2.75) is 25.8 Å². The molecule has 0 saturated carbocycles. The summed E-state index contributed by atoms with van der Waals surface area (Å²) in [5, 5.41) is 10.8. The normalized spacial score (nSPS) is 15.4. The van der Waals surface area contributed by atoms with Crippen LogP contribution in [-0.4, -0.2) is 22.3 Å². The molecule has 7 nitrogen and oxygen atoms in total. The van der Waals surface area contributed by atoms with Gasteiger partial charge < -0.3 is 10.3 Å². The fraction of sp³-hybridized carbons (Fsp3) is 0.417. The first-order valence-corrected chi connectivity index (χ1v) is 6.13. The topological polar surface area (TPSA) is 102 Å². The molecule has 102 valence electrons. The van der Waals surface area contributed by atoms with Gasteiger partial charge in [-0.1, -0.05) is 6.07 Å². The second kappa shape index (κ2) is 5.66. The van der Waals surface area contributed by atoms with Gasteiger partial charge in [-0.3, -0.25) is 20.8 Å². The van der Waals surface area contributed by atoms with Crippen LogP contribution in [0.2, 0.25) is 0 Å². The Morgan fingerprint density at radius 3 is 2.84 bits per heavy atom. The molecule has 2 rings (SSSR count). The molecule has 0 radical (unpaired) electrons. The molecule has 1 aromatic rings. The van der Waals surface area contributed by atoms with E-state index in [0.717, 1.165) is 24.9 Å². The Balaban J connectivity index is 2.17. The molecule has 7 heteroatoms. The Bertz CT molecular complexity index is 504. The molecule has 1 heterocycles. The number of benzene rings is 1. The summed E-state index contributed by atoms with van der Waals surface area (Å²) < 4.78 is 0. The Kier molecular flexibility index (Phi) is 3.96. The maximum absolute atomic E-state index is 11.7. The summed E-state index contributed by atoms with van der Waals surface area (Å²) in [6.45, 7) is 1.20. The SMILES string of the molecule is NNc1cc(CN2CCCCC2=O)ccc1[N+](=O)[O-]. The number of carbonyl (C=O) groups excluding carboxylic acids is 1. The maximum atomic E-state index is 11.7. The summed E-state index contributed by atoms with van der Waals surface area (Å²) >= 11 is 0. The summed E-state index contributed by atoms with van der Waals surface area (Å²) in [4.78, 5) is 23.8. The van der Waals surface area contributed by atoms with E-state index in [-0.39, 0.29) is 17.3 Å². The van der Waals surface area contributed by atoms with Crippen molar-refractivity contribution in [3.05, 3.63) is 33.9 Å². The van der Waals surface area contributed by atoms with Crippen LogP contribution in [0.3, 0.4) is 0 Å². The summed E-state index contributed by atoms with van der Waals surface area (Å²) in [5.74, 6) is 5.41. The van der Waals surface area contributed by atoms with E-state index in [1.54, 1.807) is 17.0 Å². The van der Waals surface area contributed by atoms with Crippen molar-refractivity contribution in [3.63, 3.8) is 0 Å². The second-order valence-corrected chi connectivity index (χ2v) is 4.53. The highest BCUT2D eigenvalue weighted by Gasteiger charge is 2.19. The molecule has 1 aromatic carbocycles. The smallest absolute Gasteiger partial charge is 0.293 e. The van der Waals surface area contributed by atoms with Crippen LogP contribution in [0.15, 0.2) is 18.2 Å². The quantitative estimate of drug-likeness (QED) is 0.486. The molecule has 1 aliphatic heterocycles. The largest absolute Gasteiger partial charge is 0.338 e. The monoisotopic (exact) mass is 264 g/mol. The first kappa shape index (κ1) is 13.3. The standard InChI is InChI=1S/C12H16N4O3/c13-14-10-7-9(4-5-11(10)16(18)19)8-15-6-2-1-3-12(15)17/h4-5,7,14H,1-3,6,8,13H2. The van der Waals surface area contributed by atoms with Crippen LogP contribution in [-0.2, 0) is 11.3 Å². The van der Waals surface area contributed by atoms with Gasteiger partial charge in [0, 0.05) is 25.6 Å². The zero-order valence-electron chi connectivity index (χ0n) is 10.5. The van der Waals surface area contributed by atoms with E-state index < -0.39 is 4.92 Å². The predicted molar refractivity (Wildman–Crippen MR) is 70.2 cm³/mol. The number of nitro benzene ring substituents is 1. The number of rotatable bonds is 4. The minimum Gasteiger partial charge on any atom is -0.338 e. The number of nitrogens with one attached hydrogen (secondary N) is 1. The first-order valence-electron chi connectivity index (χ1n) is 6.13. The summed E-state index contributed by atoms with van der Waals surface area (Å²) in [6.07, 6.45) is 2.51. The van der Waals surface area contributed by atoms with Gasteiger partial charge in [0.15, 0.2) is 0 Å². The van der Waals surface area contributed by atoms with E-state index in [0.29, 0.717) is 13.0 Å². The highest BCUT2D eigenvalue weighted by molar-refractivity contribution is 5.77. The number of hydrazine groups is 1. The molecule has 0 aromatic heterocycles. The van der Waals surface area contributed by atoms with Gasteiger partial charge >= 0.3 is 0 Å². The average molecular weight is 264 g/mol. The Morgan fingerprint density at radius 1 is 1.42 bits per heavy atom. The van der Waals surface area contributed by atoms with Crippen molar-refractivity contribution >= 4 is 17.3 Å². The predicted octanol–water partition coefficient (Wildman–Crippen LogP) is 1.39. The van der Waals surface area contributed by atoms with E-state index in [2.05, 4.69) is 5.43 Å². The molecule has 0 aliphatic carbocycles. The third-order valence-electron chi connectivity index (χ3n) is 3.21. The molecule has 0 atom stereocenters. The van der Waals surface area contributed by atoms with Crippen molar-refractivity contribution in [2.24, 2.45) is 5.84 Å². The maximum Gasteiger partial charge on any atom is 0.293 e. The molecule has 1 fully saturated rings. The third-order valence-corrected chi connectivity index (χ3v) is 3.21. The molecule has 1 saturated heterocycles. The van der Waals surface area contributed by atoms with Gasteiger partial charge in [0.05, 0.1) is 4.92 Å². The number of likely N-dealkylation sites (tertiary alicyclic amines) is 1. The van der Waals surface area contributed by atoms with Crippen LogP contribution in [0.1, 0.15) is 24.8 Å². The lowest BCUT2D eigenvalue weighted by Gasteiger charge is -2.26. The molecule has 3 N–H and O–H groups in total. The van der Waals surface area contributed by atoms with Gasteiger partial charge in [-0.25, -0.2) is 0 Å². The third kappa shape index (κ3) is 3.00. The Morgan fingerprint density at radius 2 is 2.21 bits per heavy atom. The fourth-order valence-corrected chi connectivity index (χ4v) is 2.21. The van der Waals surface area contributed by atoms with Crippen LogP contribution in [0.25, 0.3) is 0 Å². The number of hydrogen-bond donors (Lipinski definition) is 2. The Hall–Kier alpha value is -2.15. The fourth-order valence-electron chi connectivity index (χ4n) is 2.21. The van der Waals surface area contributed by atoms with Crippen LogP contribution < -0.4 is 11.3 Å². The number of nitrogens with zero attached hydrogens (tertiary/aromatic N) is 2. The number of nitrogen functional groups attached to an aromatic ring is 1. The van der Waals surface area contributed by atoms with Gasteiger partial charge in [-0.15, -0.1) is 0 Å². The van der Waals surface area contributed by atoms with Gasteiger partial charge in [0.1, 0.15) is 5.69 Å². The number of hydrogen-bond acceptors (Lipinski definition) is 5. The molecule has 1 amide bonds. The molecule has 0 bridgehead atoms. The minimum atomic E-state index is -0.495. The molecule has 0 unspecified atom stereocenters. The number of anilines is 1. The van der Waals surface area contributed by atoms with Crippen LogP contribution >= 0.6 is 0 Å².